The third-order valence-corrected chi connectivity index (χ3v) is 6.41. The lowest BCUT2D eigenvalue weighted by Gasteiger charge is -2.22. The zero-order chi connectivity index (χ0) is 21.9. The van der Waals surface area contributed by atoms with Crippen molar-refractivity contribution in [2.45, 2.75) is 122 Å². The van der Waals surface area contributed by atoms with E-state index >= 15 is 0 Å². The summed E-state index contributed by atoms with van der Waals surface area (Å²) in [6.45, 7) is 4.13. The number of benzene rings is 1. The highest BCUT2D eigenvalue weighted by Crippen LogP contribution is 2.31. The molecule has 0 saturated heterocycles. The molecule has 1 aromatic carbocycles. The summed E-state index contributed by atoms with van der Waals surface area (Å²) in [7, 11) is 0. The van der Waals surface area contributed by atoms with Crippen LogP contribution in [0.4, 0.5) is 0 Å². The van der Waals surface area contributed by atoms with Gasteiger partial charge >= 0.3 is 5.97 Å². The molecule has 0 aliphatic rings. The number of hydrogen-bond donors (Lipinski definition) is 1. The van der Waals surface area contributed by atoms with Gasteiger partial charge in [-0.25, -0.2) is 4.79 Å². The van der Waals surface area contributed by atoms with Crippen LogP contribution in [-0.4, -0.2) is 11.2 Å². The Morgan fingerprint density at radius 3 is 1.63 bits per heavy atom. The predicted molar refractivity (Wildman–Crippen MR) is 127 cm³/mol. The molecular weight excluding hydrogens is 372 g/mol. The first-order chi connectivity index (χ1) is 14.7. The van der Waals surface area contributed by atoms with Gasteiger partial charge < -0.3 is 4.89 Å². The van der Waals surface area contributed by atoms with E-state index in [2.05, 4.69) is 23.9 Å². The number of carbonyl (C=O) groups excluding carboxylic acids is 1. The molecule has 0 spiro atoms. The summed E-state index contributed by atoms with van der Waals surface area (Å²) in [6.07, 6.45) is 21.3. The van der Waals surface area contributed by atoms with Crippen molar-refractivity contribution in [3.63, 3.8) is 0 Å². The summed E-state index contributed by atoms with van der Waals surface area (Å²) in [6, 6.07) is 10.1. The number of carbonyl (C=O) groups is 1. The van der Waals surface area contributed by atoms with Crippen LogP contribution >= 0.6 is 0 Å². The molecular formula is C27H46O3. The van der Waals surface area contributed by atoms with E-state index in [-0.39, 0.29) is 11.8 Å². The lowest BCUT2D eigenvalue weighted by molar-refractivity contribution is -0.239. The quantitative estimate of drug-likeness (QED) is 0.139. The zero-order valence-corrected chi connectivity index (χ0v) is 19.6. The molecule has 172 valence electrons. The largest absolute Gasteiger partial charge is 0.345 e. The fraction of sp³-hybridized carbons (Fsp3) is 0.741. The highest BCUT2D eigenvalue weighted by atomic mass is 17.1. The first-order valence-electron chi connectivity index (χ1n) is 12.6. The van der Waals surface area contributed by atoms with Crippen molar-refractivity contribution >= 4 is 5.97 Å². The van der Waals surface area contributed by atoms with Gasteiger partial charge in [-0.05, 0) is 17.9 Å². The molecule has 0 saturated carbocycles. The molecule has 3 nitrogen and oxygen atoms in total. The van der Waals surface area contributed by atoms with E-state index in [0.29, 0.717) is 0 Å². The molecule has 0 aromatic heterocycles. The van der Waals surface area contributed by atoms with Crippen LogP contribution < -0.4 is 0 Å². The van der Waals surface area contributed by atoms with E-state index < -0.39 is 5.97 Å². The first kappa shape index (κ1) is 26.7. The van der Waals surface area contributed by atoms with E-state index in [4.69, 9.17) is 5.26 Å². The van der Waals surface area contributed by atoms with Crippen LogP contribution in [0.1, 0.15) is 128 Å². The average molecular weight is 419 g/mol. The minimum absolute atomic E-state index is 0.104. The molecule has 2 unspecified atom stereocenters. The van der Waals surface area contributed by atoms with E-state index in [1.165, 1.54) is 89.9 Å². The fourth-order valence-electron chi connectivity index (χ4n) is 4.39. The van der Waals surface area contributed by atoms with Crippen LogP contribution in [0.2, 0.25) is 0 Å². The average Bonchev–Trinajstić information content (AvgIpc) is 2.78. The molecule has 0 amide bonds. The van der Waals surface area contributed by atoms with Crippen LogP contribution in [0.3, 0.4) is 0 Å². The van der Waals surface area contributed by atoms with Gasteiger partial charge in [0.1, 0.15) is 0 Å². The molecule has 1 aromatic rings. The topological polar surface area (TPSA) is 46.5 Å². The lowest BCUT2D eigenvalue weighted by Crippen LogP contribution is -2.21. The minimum Gasteiger partial charge on any atom is -0.301 e. The van der Waals surface area contributed by atoms with Gasteiger partial charge in [0.05, 0.1) is 5.92 Å². The molecule has 0 radical (unpaired) electrons. The Balaban J connectivity index is 2.06. The standard InChI is InChI=1S/C27H46O3/c1-3-4-5-6-7-8-9-10-11-12-13-14-15-16-20-23-26(24(2)27(28)30-29)25-21-18-17-19-22-25/h17-19,21-22,24,26,29H,3-16,20,23H2,1-2H3. The predicted octanol–water partition coefficient (Wildman–Crippen LogP) is 8.68. The summed E-state index contributed by atoms with van der Waals surface area (Å²) in [5, 5.41) is 8.76. The third kappa shape index (κ3) is 12.4. The highest BCUT2D eigenvalue weighted by molar-refractivity contribution is 5.72. The van der Waals surface area contributed by atoms with E-state index in [1.54, 1.807) is 0 Å². The minimum atomic E-state index is -0.537. The van der Waals surface area contributed by atoms with Gasteiger partial charge in [-0.15, -0.1) is 0 Å². The van der Waals surface area contributed by atoms with Gasteiger partial charge in [0.25, 0.3) is 0 Å². The SMILES string of the molecule is CCCCCCCCCCCCCCCCCC(c1ccccc1)C(C)C(=O)OO. The Kier molecular flexibility index (Phi) is 16.4. The Hall–Kier alpha value is -1.35. The van der Waals surface area contributed by atoms with Crippen molar-refractivity contribution in [2.24, 2.45) is 5.92 Å². The van der Waals surface area contributed by atoms with E-state index in [0.717, 1.165) is 18.4 Å². The Bertz CT molecular complexity index is 514. The summed E-state index contributed by atoms with van der Waals surface area (Å²) >= 11 is 0. The molecule has 0 aliphatic heterocycles. The Morgan fingerprint density at radius 2 is 1.20 bits per heavy atom. The normalized spacial score (nSPS) is 13.2. The van der Waals surface area contributed by atoms with Gasteiger partial charge in [-0.2, -0.15) is 5.26 Å². The van der Waals surface area contributed by atoms with Gasteiger partial charge in [-0.3, -0.25) is 0 Å². The number of hydrogen-bond acceptors (Lipinski definition) is 3. The Labute approximate surface area is 185 Å². The van der Waals surface area contributed by atoms with Crippen molar-refractivity contribution in [3.05, 3.63) is 35.9 Å². The molecule has 1 N–H and O–H groups in total. The number of rotatable bonds is 19. The van der Waals surface area contributed by atoms with Crippen molar-refractivity contribution in [3.8, 4) is 0 Å². The van der Waals surface area contributed by atoms with Gasteiger partial charge in [0, 0.05) is 0 Å². The molecule has 30 heavy (non-hydrogen) atoms. The summed E-state index contributed by atoms with van der Waals surface area (Å²) in [5.41, 5.74) is 1.15. The molecule has 0 aliphatic carbocycles. The summed E-state index contributed by atoms with van der Waals surface area (Å²) in [4.78, 5) is 15.8. The van der Waals surface area contributed by atoms with Gasteiger partial charge in [0.2, 0.25) is 0 Å². The monoisotopic (exact) mass is 418 g/mol. The highest BCUT2D eigenvalue weighted by Gasteiger charge is 2.26. The van der Waals surface area contributed by atoms with Gasteiger partial charge in [0.15, 0.2) is 0 Å². The van der Waals surface area contributed by atoms with Crippen LogP contribution in [0.15, 0.2) is 30.3 Å². The van der Waals surface area contributed by atoms with Crippen LogP contribution in [0, 0.1) is 5.92 Å². The van der Waals surface area contributed by atoms with Crippen LogP contribution in [0.25, 0.3) is 0 Å². The van der Waals surface area contributed by atoms with Crippen molar-refractivity contribution in [1.82, 2.24) is 0 Å². The third-order valence-electron chi connectivity index (χ3n) is 6.41. The maximum atomic E-state index is 11.8. The smallest absolute Gasteiger partial charge is 0.301 e. The Morgan fingerprint density at radius 1 is 0.767 bits per heavy atom. The summed E-state index contributed by atoms with van der Waals surface area (Å²) < 4.78 is 0. The van der Waals surface area contributed by atoms with Crippen molar-refractivity contribution in [2.75, 3.05) is 0 Å². The number of unbranched alkanes of at least 4 members (excludes halogenated alkanes) is 14. The fourth-order valence-corrected chi connectivity index (χ4v) is 4.39. The maximum Gasteiger partial charge on any atom is 0.345 e. The second kappa shape index (κ2) is 18.4. The molecule has 0 bridgehead atoms. The first-order valence-corrected chi connectivity index (χ1v) is 12.6. The summed E-state index contributed by atoms with van der Waals surface area (Å²) in [5.74, 6) is -0.762. The van der Waals surface area contributed by atoms with Crippen LogP contribution in [-0.2, 0) is 9.68 Å². The molecule has 1 rings (SSSR count). The van der Waals surface area contributed by atoms with Crippen LogP contribution in [0.5, 0.6) is 0 Å². The van der Waals surface area contributed by atoms with E-state index in [1.807, 2.05) is 25.1 Å². The second-order valence-electron chi connectivity index (χ2n) is 8.95. The van der Waals surface area contributed by atoms with Crippen molar-refractivity contribution in [1.29, 1.82) is 0 Å². The molecule has 0 fully saturated rings. The second-order valence-corrected chi connectivity index (χ2v) is 8.95. The van der Waals surface area contributed by atoms with Crippen molar-refractivity contribution < 1.29 is 14.9 Å². The maximum absolute atomic E-state index is 11.8. The lowest BCUT2D eigenvalue weighted by atomic mass is 9.83. The molecule has 3 heteroatoms. The molecule has 0 heterocycles. The molecule has 2 atom stereocenters. The zero-order valence-electron chi connectivity index (χ0n) is 19.6. The van der Waals surface area contributed by atoms with Gasteiger partial charge in [-0.1, -0.05) is 140 Å². The van der Waals surface area contributed by atoms with E-state index in [9.17, 15) is 4.79 Å².